The lowest BCUT2D eigenvalue weighted by Gasteiger charge is -2.06. The zero-order chi connectivity index (χ0) is 12.6. The zero-order valence-electron chi connectivity index (χ0n) is 10.8. The van der Waals surface area contributed by atoms with E-state index in [1.807, 2.05) is 0 Å². The third-order valence-electron chi connectivity index (χ3n) is 1.98. The second-order valence-electron chi connectivity index (χ2n) is 3.49. The van der Waals surface area contributed by atoms with E-state index in [-0.39, 0.29) is 0 Å². The lowest BCUT2D eigenvalue weighted by atomic mass is 10.4. The van der Waals surface area contributed by atoms with Crippen molar-refractivity contribution in [3.05, 3.63) is 0 Å². The monoisotopic (exact) mass is 312 g/mol. The summed E-state index contributed by atoms with van der Waals surface area (Å²) in [6.07, 6.45) is 2.29. The van der Waals surface area contributed by atoms with Gasteiger partial charge in [0.05, 0.1) is 46.2 Å². The maximum Gasteiger partial charge on any atom is 0.0701 e. The number of rotatable bonds is 14. The van der Waals surface area contributed by atoms with Crippen LogP contribution in [0, 0.1) is 0 Å². The topological polar surface area (TPSA) is 36.9 Å². The molecule has 0 N–H and O–H groups in total. The number of hydrogen-bond acceptors (Lipinski definition) is 4. The summed E-state index contributed by atoms with van der Waals surface area (Å²) in [4.78, 5) is 0. The first-order valence-electron chi connectivity index (χ1n) is 6.28. The van der Waals surface area contributed by atoms with Crippen LogP contribution >= 0.6 is 15.9 Å². The zero-order valence-corrected chi connectivity index (χ0v) is 12.4. The van der Waals surface area contributed by atoms with Crippen LogP contribution in [-0.2, 0) is 18.9 Å². The van der Waals surface area contributed by atoms with Crippen LogP contribution in [0.3, 0.4) is 0 Å². The summed E-state index contributed by atoms with van der Waals surface area (Å²) in [6, 6.07) is 0. The number of halogens is 1. The van der Waals surface area contributed by atoms with Crippen LogP contribution in [0.1, 0.15) is 19.8 Å². The van der Waals surface area contributed by atoms with E-state index >= 15 is 0 Å². The molecule has 4 nitrogen and oxygen atoms in total. The number of ether oxygens (including phenoxy) is 4. The summed E-state index contributed by atoms with van der Waals surface area (Å²) < 4.78 is 21.3. The molecule has 0 aliphatic heterocycles. The molecule has 5 heteroatoms. The van der Waals surface area contributed by atoms with Gasteiger partial charge >= 0.3 is 0 Å². The van der Waals surface area contributed by atoms with Crippen molar-refractivity contribution in [1.82, 2.24) is 0 Å². The third-order valence-corrected chi connectivity index (χ3v) is 2.30. The summed E-state index contributed by atoms with van der Waals surface area (Å²) in [5.74, 6) is 0. The molecule has 0 spiro atoms. The van der Waals surface area contributed by atoms with E-state index in [4.69, 9.17) is 18.9 Å². The molecule has 0 radical (unpaired) electrons. The second kappa shape index (κ2) is 16.3. The van der Waals surface area contributed by atoms with E-state index in [0.29, 0.717) is 39.6 Å². The molecule has 0 aliphatic carbocycles. The van der Waals surface area contributed by atoms with Crippen LogP contribution in [-0.4, -0.2) is 58.2 Å². The minimum atomic E-state index is 0.618. The van der Waals surface area contributed by atoms with Crippen molar-refractivity contribution < 1.29 is 18.9 Å². The van der Waals surface area contributed by atoms with Crippen molar-refractivity contribution in [3.63, 3.8) is 0 Å². The molecule has 0 aromatic rings. The highest BCUT2D eigenvalue weighted by atomic mass is 79.9. The molecule has 17 heavy (non-hydrogen) atoms. The van der Waals surface area contributed by atoms with Crippen LogP contribution in [0.4, 0.5) is 0 Å². The lowest BCUT2D eigenvalue weighted by Crippen LogP contribution is -2.12. The minimum absolute atomic E-state index is 0.618. The molecular formula is C12H25BrO4. The van der Waals surface area contributed by atoms with E-state index in [2.05, 4.69) is 22.9 Å². The van der Waals surface area contributed by atoms with Gasteiger partial charge in [-0.15, -0.1) is 0 Å². The van der Waals surface area contributed by atoms with E-state index < -0.39 is 0 Å². The van der Waals surface area contributed by atoms with Crippen molar-refractivity contribution in [3.8, 4) is 0 Å². The van der Waals surface area contributed by atoms with E-state index in [1.54, 1.807) is 0 Å². The van der Waals surface area contributed by atoms with Gasteiger partial charge in [-0.2, -0.15) is 0 Å². The van der Waals surface area contributed by atoms with Gasteiger partial charge in [0.25, 0.3) is 0 Å². The Labute approximate surface area is 113 Å². The van der Waals surface area contributed by atoms with Crippen molar-refractivity contribution in [1.29, 1.82) is 0 Å². The van der Waals surface area contributed by atoms with Gasteiger partial charge in [-0.3, -0.25) is 0 Å². The van der Waals surface area contributed by atoms with Crippen LogP contribution < -0.4 is 0 Å². The molecule has 0 aromatic carbocycles. The van der Waals surface area contributed by atoms with E-state index in [1.165, 1.54) is 6.42 Å². The van der Waals surface area contributed by atoms with E-state index in [9.17, 15) is 0 Å². The van der Waals surface area contributed by atoms with Crippen molar-refractivity contribution in [2.24, 2.45) is 0 Å². The number of alkyl halides is 1. The average Bonchev–Trinajstić information content (AvgIpc) is 2.35. The molecule has 104 valence electrons. The Morgan fingerprint density at radius 2 is 1.06 bits per heavy atom. The van der Waals surface area contributed by atoms with Gasteiger partial charge in [-0.25, -0.2) is 0 Å². The van der Waals surface area contributed by atoms with Gasteiger partial charge in [0.15, 0.2) is 0 Å². The van der Waals surface area contributed by atoms with Gasteiger partial charge < -0.3 is 18.9 Å². The molecule has 0 fully saturated rings. The molecule has 0 unspecified atom stereocenters. The Morgan fingerprint density at radius 3 is 1.47 bits per heavy atom. The summed E-state index contributed by atoms with van der Waals surface area (Å²) in [7, 11) is 0. The largest absolute Gasteiger partial charge is 0.379 e. The Balaban J connectivity index is 2.85. The molecule has 0 heterocycles. The maximum absolute atomic E-state index is 5.36. The smallest absolute Gasteiger partial charge is 0.0701 e. The standard InChI is InChI=1S/C12H25BrO4/c1-2-3-5-14-7-9-16-11-12-17-10-8-15-6-4-13/h2-12H2,1H3. The predicted molar refractivity (Wildman–Crippen MR) is 72.0 cm³/mol. The first-order valence-corrected chi connectivity index (χ1v) is 7.41. The fourth-order valence-corrected chi connectivity index (χ4v) is 1.29. The summed E-state index contributed by atoms with van der Waals surface area (Å²) in [5.41, 5.74) is 0. The predicted octanol–water partition coefficient (Wildman–Crippen LogP) is 2.25. The minimum Gasteiger partial charge on any atom is -0.379 e. The lowest BCUT2D eigenvalue weighted by molar-refractivity contribution is -0.000423. The third kappa shape index (κ3) is 16.3. The van der Waals surface area contributed by atoms with Crippen molar-refractivity contribution >= 4 is 15.9 Å². The van der Waals surface area contributed by atoms with Crippen molar-refractivity contribution in [2.45, 2.75) is 19.8 Å². The fraction of sp³-hybridized carbons (Fsp3) is 1.00. The number of hydrogen-bond donors (Lipinski definition) is 0. The molecular weight excluding hydrogens is 288 g/mol. The summed E-state index contributed by atoms with van der Waals surface area (Å²) >= 11 is 3.29. The quantitative estimate of drug-likeness (QED) is 0.364. The first kappa shape index (κ1) is 17.3. The van der Waals surface area contributed by atoms with Crippen LogP contribution in [0.2, 0.25) is 0 Å². The van der Waals surface area contributed by atoms with Gasteiger partial charge in [0.2, 0.25) is 0 Å². The molecule has 0 bridgehead atoms. The molecule has 0 aromatic heterocycles. The van der Waals surface area contributed by atoms with Gasteiger partial charge in [-0.1, -0.05) is 29.3 Å². The van der Waals surface area contributed by atoms with Crippen molar-refractivity contribution in [2.75, 3.05) is 58.2 Å². The SMILES string of the molecule is CCCCOCCOCCOCCOCCBr. The Morgan fingerprint density at radius 1 is 0.647 bits per heavy atom. The second-order valence-corrected chi connectivity index (χ2v) is 4.29. The Kier molecular flexibility index (Phi) is 16.6. The Hall–Kier alpha value is 0.320. The highest BCUT2D eigenvalue weighted by Crippen LogP contribution is 1.88. The molecule has 0 saturated carbocycles. The normalized spacial score (nSPS) is 10.9. The fourth-order valence-electron chi connectivity index (χ4n) is 1.06. The number of unbranched alkanes of at least 4 members (excludes halogenated alkanes) is 1. The summed E-state index contributed by atoms with van der Waals surface area (Å²) in [5, 5.41) is 0.869. The summed E-state index contributed by atoms with van der Waals surface area (Å²) in [6.45, 7) is 7.55. The molecule has 0 amide bonds. The molecule has 0 saturated heterocycles. The Bertz CT molecular complexity index is 122. The first-order chi connectivity index (χ1) is 8.41. The molecule has 0 atom stereocenters. The van der Waals surface area contributed by atoms with Gasteiger partial charge in [0, 0.05) is 11.9 Å². The highest BCUT2D eigenvalue weighted by Gasteiger charge is 1.92. The van der Waals surface area contributed by atoms with Gasteiger partial charge in [-0.05, 0) is 6.42 Å². The highest BCUT2D eigenvalue weighted by molar-refractivity contribution is 9.09. The maximum atomic E-state index is 5.36. The van der Waals surface area contributed by atoms with Crippen LogP contribution in [0.25, 0.3) is 0 Å². The van der Waals surface area contributed by atoms with Crippen LogP contribution in [0.5, 0.6) is 0 Å². The molecule has 0 aliphatic rings. The molecule has 0 rings (SSSR count). The van der Waals surface area contributed by atoms with Crippen LogP contribution in [0.15, 0.2) is 0 Å². The van der Waals surface area contributed by atoms with E-state index in [0.717, 1.165) is 25.0 Å². The average molecular weight is 313 g/mol. The van der Waals surface area contributed by atoms with Gasteiger partial charge in [0.1, 0.15) is 0 Å².